The molecule has 1 aromatic heterocycles. The van der Waals surface area contributed by atoms with Crippen LogP contribution in [0.15, 0.2) is 40.4 Å². The molecule has 7 nitrogen and oxygen atoms in total. The Hall–Kier alpha value is -2.48. The second-order valence-electron chi connectivity index (χ2n) is 4.14. The lowest BCUT2D eigenvalue weighted by Gasteiger charge is -2.11. The average Bonchev–Trinajstić information content (AvgIpc) is 2.92. The second kappa shape index (κ2) is 5.49. The zero-order valence-electron chi connectivity index (χ0n) is 10.7. The molecule has 1 aromatic carbocycles. The average molecular weight is 306 g/mol. The molecule has 0 fully saturated rings. The van der Waals surface area contributed by atoms with Crippen LogP contribution in [0.4, 0.5) is 0 Å². The molecular formula is C13H10N2O5S. The molecule has 1 aliphatic heterocycles. The minimum Gasteiger partial charge on any atom is -0.481 e. The van der Waals surface area contributed by atoms with Crippen molar-refractivity contribution in [2.24, 2.45) is 0 Å². The number of carboxylic acid groups (broad SMARTS) is 1. The maximum Gasteiger partial charge on any atom is 0.313 e. The molecule has 21 heavy (non-hydrogen) atoms. The lowest BCUT2D eigenvalue weighted by molar-refractivity contribution is -0.133. The van der Waals surface area contributed by atoms with Gasteiger partial charge in [0.15, 0.2) is 16.7 Å². The van der Waals surface area contributed by atoms with E-state index in [1.165, 1.54) is 6.07 Å². The van der Waals surface area contributed by atoms with Gasteiger partial charge in [0.1, 0.15) is 0 Å². The maximum atomic E-state index is 11.4. The van der Waals surface area contributed by atoms with Gasteiger partial charge in [-0.1, -0.05) is 11.8 Å². The first-order valence-corrected chi connectivity index (χ1v) is 6.96. The van der Waals surface area contributed by atoms with Crippen LogP contribution in [0.25, 0.3) is 5.69 Å². The highest BCUT2D eigenvalue weighted by molar-refractivity contribution is 7.99. The summed E-state index contributed by atoms with van der Waals surface area (Å²) >= 11 is 0.978. The van der Waals surface area contributed by atoms with Gasteiger partial charge in [-0.25, -0.2) is 0 Å². The summed E-state index contributed by atoms with van der Waals surface area (Å²) in [5, 5.41) is 9.07. The van der Waals surface area contributed by atoms with Crippen LogP contribution in [0.1, 0.15) is 0 Å². The molecule has 3 rings (SSSR count). The van der Waals surface area contributed by atoms with Gasteiger partial charge in [0.05, 0.1) is 11.4 Å². The normalized spacial score (nSPS) is 12.4. The van der Waals surface area contributed by atoms with Crippen molar-refractivity contribution in [2.75, 3.05) is 12.5 Å². The van der Waals surface area contributed by atoms with Crippen LogP contribution in [0.5, 0.6) is 11.5 Å². The standard InChI is InChI=1S/C13H10N2O5S/c16-11-3-4-15(13(14-11)21-6-12(17)18)8-1-2-9-10(5-8)20-7-19-9/h1-5H,6-7H2,(H,17,18). The van der Waals surface area contributed by atoms with E-state index >= 15 is 0 Å². The van der Waals surface area contributed by atoms with Crippen molar-refractivity contribution in [3.05, 3.63) is 40.8 Å². The third kappa shape index (κ3) is 2.84. The number of benzene rings is 1. The van der Waals surface area contributed by atoms with Gasteiger partial charge in [0.25, 0.3) is 5.56 Å². The van der Waals surface area contributed by atoms with Crippen LogP contribution < -0.4 is 15.0 Å². The van der Waals surface area contributed by atoms with Gasteiger partial charge < -0.3 is 14.6 Å². The Morgan fingerprint density at radius 3 is 2.95 bits per heavy atom. The van der Waals surface area contributed by atoms with E-state index < -0.39 is 11.5 Å². The number of hydrogen-bond acceptors (Lipinski definition) is 6. The third-order valence-electron chi connectivity index (χ3n) is 2.74. The van der Waals surface area contributed by atoms with Gasteiger partial charge >= 0.3 is 5.97 Å². The van der Waals surface area contributed by atoms with Gasteiger partial charge in [-0.3, -0.25) is 14.2 Å². The molecule has 0 radical (unpaired) electrons. The Morgan fingerprint density at radius 1 is 1.33 bits per heavy atom. The molecule has 0 aliphatic carbocycles. The number of thioether (sulfide) groups is 1. The van der Waals surface area contributed by atoms with Crippen LogP contribution in [-0.4, -0.2) is 33.2 Å². The van der Waals surface area contributed by atoms with Crippen LogP contribution in [0.2, 0.25) is 0 Å². The summed E-state index contributed by atoms with van der Waals surface area (Å²) in [5.41, 5.74) is 0.291. The fourth-order valence-corrected chi connectivity index (χ4v) is 2.56. The number of rotatable bonds is 4. The lowest BCUT2D eigenvalue weighted by atomic mass is 10.3. The SMILES string of the molecule is O=C(O)CSc1nc(=O)ccn1-c1ccc2c(c1)OCO2. The molecule has 2 heterocycles. The van der Waals surface area contributed by atoms with Crippen molar-refractivity contribution < 1.29 is 19.4 Å². The summed E-state index contributed by atoms with van der Waals surface area (Å²) in [4.78, 5) is 25.9. The van der Waals surface area contributed by atoms with Crippen molar-refractivity contribution in [1.82, 2.24) is 9.55 Å². The molecule has 108 valence electrons. The zero-order chi connectivity index (χ0) is 14.8. The van der Waals surface area contributed by atoms with E-state index in [1.807, 2.05) is 0 Å². The number of carboxylic acids is 1. The van der Waals surface area contributed by atoms with Crippen molar-refractivity contribution >= 4 is 17.7 Å². The molecule has 0 amide bonds. The predicted octanol–water partition coefficient (Wildman–Crippen LogP) is 1.14. The van der Waals surface area contributed by atoms with Gasteiger partial charge in [-0.2, -0.15) is 4.98 Å². The molecule has 1 aliphatic rings. The van der Waals surface area contributed by atoms with E-state index in [2.05, 4.69) is 4.98 Å². The highest BCUT2D eigenvalue weighted by Gasteiger charge is 2.15. The quantitative estimate of drug-likeness (QED) is 0.669. The van der Waals surface area contributed by atoms with E-state index in [1.54, 1.807) is 29.0 Å². The molecule has 2 aromatic rings. The molecule has 1 N–H and O–H groups in total. The van der Waals surface area contributed by atoms with Crippen molar-refractivity contribution in [2.45, 2.75) is 5.16 Å². The molecule has 0 unspecified atom stereocenters. The monoisotopic (exact) mass is 306 g/mol. The van der Waals surface area contributed by atoms with E-state index in [-0.39, 0.29) is 12.5 Å². The van der Waals surface area contributed by atoms with Gasteiger partial charge in [-0.05, 0) is 12.1 Å². The van der Waals surface area contributed by atoms with Crippen LogP contribution >= 0.6 is 11.8 Å². The van der Waals surface area contributed by atoms with Crippen LogP contribution in [-0.2, 0) is 4.79 Å². The fourth-order valence-electron chi connectivity index (χ4n) is 1.85. The largest absolute Gasteiger partial charge is 0.481 e. The number of carbonyl (C=O) groups is 1. The molecular weight excluding hydrogens is 296 g/mol. The second-order valence-corrected chi connectivity index (χ2v) is 5.08. The first-order valence-electron chi connectivity index (χ1n) is 5.98. The summed E-state index contributed by atoms with van der Waals surface area (Å²) in [6, 6.07) is 6.60. The molecule has 0 saturated heterocycles. The van der Waals surface area contributed by atoms with Crippen LogP contribution in [0, 0.1) is 0 Å². The summed E-state index contributed by atoms with van der Waals surface area (Å²) in [6.07, 6.45) is 1.55. The fraction of sp³-hybridized carbons (Fsp3) is 0.154. The number of hydrogen-bond donors (Lipinski definition) is 1. The highest BCUT2D eigenvalue weighted by Crippen LogP contribution is 2.34. The minimum atomic E-state index is -0.977. The van der Waals surface area contributed by atoms with E-state index in [0.717, 1.165) is 11.8 Å². The number of nitrogens with zero attached hydrogens (tertiary/aromatic N) is 2. The Morgan fingerprint density at radius 2 is 2.14 bits per heavy atom. The van der Waals surface area contributed by atoms with Crippen molar-refractivity contribution in [1.29, 1.82) is 0 Å². The Balaban J connectivity index is 2.01. The summed E-state index contributed by atoms with van der Waals surface area (Å²) < 4.78 is 12.2. The third-order valence-corrected chi connectivity index (χ3v) is 3.67. The number of ether oxygens (including phenoxy) is 2. The van der Waals surface area contributed by atoms with Crippen LogP contribution in [0.3, 0.4) is 0 Å². The van der Waals surface area contributed by atoms with Crippen molar-refractivity contribution in [3.8, 4) is 17.2 Å². The van der Waals surface area contributed by atoms with E-state index in [9.17, 15) is 9.59 Å². The minimum absolute atomic E-state index is 0.168. The van der Waals surface area contributed by atoms with Gasteiger partial charge in [-0.15, -0.1) is 0 Å². The topological polar surface area (TPSA) is 90.7 Å². The maximum absolute atomic E-state index is 11.4. The van der Waals surface area contributed by atoms with Crippen molar-refractivity contribution in [3.63, 3.8) is 0 Å². The summed E-state index contributed by atoms with van der Waals surface area (Å²) in [6.45, 7) is 0.168. The number of aliphatic carboxylic acids is 1. The smallest absolute Gasteiger partial charge is 0.313 e. The zero-order valence-corrected chi connectivity index (χ0v) is 11.5. The Kier molecular flexibility index (Phi) is 3.53. The molecule has 0 bridgehead atoms. The van der Waals surface area contributed by atoms with E-state index in [4.69, 9.17) is 14.6 Å². The van der Waals surface area contributed by atoms with E-state index in [0.29, 0.717) is 22.3 Å². The molecule has 0 saturated carbocycles. The number of aromatic nitrogens is 2. The Labute approximate surface area is 123 Å². The van der Waals surface area contributed by atoms with Gasteiger partial charge in [0.2, 0.25) is 6.79 Å². The first-order chi connectivity index (χ1) is 10.1. The number of fused-ring (bicyclic) bond motifs is 1. The Bertz CT molecular complexity index is 758. The van der Waals surface area contributed by atoms with Gasteiger partial charge in [0, 0.05) is 18.3 Å². The molecule has 0 spiro atoms. The highest BCUT2D eigenvalue weighted by atomic mass is 32.2. The lowest BCUT2D eigenvalue weighted by Crippen LogP contribution is -2.13. The predicted molar refractivity (Wildman–Crippen MR) is 74.3 cm³/mol. The first kappa shape index (κ1) is 13.5. The molecule has 8 heteroatoms. The summed E-state index contributed by atoms with van der Waals surface area (Å²) in [5.74, 6) is 0.0873. The summed E-state index contributed by atoms with van der Waals surface area (Å²) in [7, 11) is 0. The molecule has 0 atom stereocenters.